The lowest BCUT2D eigenvalue weighted by Crippen LogP contribution is -2.23. The molecule has 1 atom stereocenters. The summed E-state index contributed by atoms with van der Waals surface area (Å²) < 4.78 is 1.75. The zero-order valence-corrected chi connectivity index (χ0v) is 15.0. The zero-order valence-electron chi connectivity index (χ0n) is 11.1. The van der Waals surface area contributed by atoms with Crippen LogP contribution in [0.15, 0.2) is 34.8 Å². The van der Waals surface area contributed by atoms with Gasteiger partial charge < -0.3 is 5.32 Å². The molecular weight excluding hydrogens is 377 g/mol. The Morgan fingerprint density at radius 3 is 2.65 bits per heavy atom. The summed E-state index contributed by atoms with van der Waals surface area (Å²) in [5.41, 5.74) is 1.16. The van der Waals surface area contributed by atoms with Crippen molar-refractivity contribution >= 4 is 50.5 Å². The second-order valence-electron chi connectivity index (χ2n) is 4.57. The lowest BCUT2D eigenvalue weighted by molar-refractivity contribution is 0.536. The van der Waals surface area contributed by atoms with Gasteiger partial charge in [0, 0.05) is 20.4 Å². The molecule has 0 bridgehead atoms. The van der Waals surface area contributed by atoms with E-state index in [9.17, 15) is 0 Å². The second kappa shape index (κ2) is 7.81. The Morgan fingerprint density at radius 1 is 1.30 bits per heavy atom. The maximum absolute atomic E-state index is 6.27. The molecule has 2 aromatic rings. The standard InChI is InChI=1S/C15H16BrCl2NS/c1-2-7-19-13(14-9-11(16)15(18)20-14)8-10-5-3-4-6-12(10)17/h3-6,9,13,19H,2,7-8H2,1H3. The van der Waals surface area contributed by atoms with Crippen LogP contribution in [0.2, 0.25) is 9.36 Å². The van der Waals surface area contributed by atoms with Crippen LogP contribution in [0.25, 0.3) is 0 Å². The highest BCUT2D eigenvalue weighted by Gasteiger charge is 2.17. The maximum Gasteiger partial charge on any atom is 0.107 e. The normalized spacial score (nSPS) is 12.6. The maximum atomic E-state index is 6.27. The zero-order chi connectivity index (χ0) is 14.5. The fourth-order valence-electron chi connectivity index (χ4n) is 2.01. The van der Waals surface area contributed by atoms with Gasteiger partial charge in [-0.05, 0) is 53.0 Å². The van der Waals surface area contributed by atoms with Gasteiger partial charge in [-0.3, -0.25) is 0 Å². The van der Waals surface area contributed by atoms with Crippen molar-refractivity contribution in [3.63, 3.8) is 0 Å². The monoisotopic (exact) mass is 391 g/mol. The predicted molar refractivity (Wildman–Crippen MR) is 93.2 cm³/mol. The minimum Gasteiger partial charge on any atom is -0.309 e. The van der Waals surface area contributed by atoms with Gasteiger partial charge in [-0.15, -0.1) is 11.3 Å². The fourth-order valence-corrected chi connectivity index (χ4v) is 4.04. The Bertz CT molecular complexity index is 551. The summed E-state index contributed by atoms with van der Waals surface area (Å²) in [6, 6.07) is 10.3. The molecule has 0 fully saturated rings. The van der Waals surface area contributed by atoms with Crippen molar-refractivity contribution < 1.29 is 0 Å². The van der Waals surface area contributed by atoms with Crippen LogP contribution in [-0.4, -0.2) is 6.54 Å². The molecule has 0 aliphatic rings. The third kappa shape index (κ3) is 4.22. The molecule has 2 rings (SSSR count). The number of halogens is 3. The molecular formula is C15H16BrCl2NS. The molecule has 1 N–H and O–H groups in total. The molecule has 0 aliphatic carbocycles. The van der Waals surface area contributed by atoms with Gasteiger partial charge in [-0.2, -0.15) is 0 Å². The lowest BCUT2D eigenvalue weighted by atomic mass is 10.0. The van der Waals surface area contributed by atoms with E-state index in [2.05, 4.69) is 40.3 Å². The Morgan fingerprint density at radius 2 is 2.05 bits per heavy atom. The number of benzene rings is 1. The Hall–Kier alpha value is -0.0600. The number of thiophene rings is 1. The van der Waals surface area contributed by atoms with E-state index in [0.29, 0.717) is 0 Å². The van der Waals surface area contributed by atoms with Gasteiger partial charge >= 0.3 is 0 Å². The first-order chi connectivity index (χ1) is 9.61. The summed E-state index contributed by atoms with van der Waals surface area (Å²) >= 11 is 17.5. The molecule has 0 saturated carbocycles. The van der Waals surface area contributed by atoms with Gasteiger partial charge in [0.2, 0.25) is 0 Å². The number of nitrogens with one attached hydrogen (secondary N) is 1. The molecule has 0 amide bonds. The minimum atomic E-state index is 0.239. The number of rotatable bonds is 6. The molecule has 0 aliphatic heterocycles. The largest absolute Gasteiger partial charge is 0.309 e. The van der Waals surface area contributed by atoms with Gasteiger partial charge in [-0.25, -0.2) is 0 Å². The van der Waals surface area contributed by atoms with Crippen molar-refractivity contribution in [1.82, 2.24) is 5.32 Å². The average molecular weight is 393 g/mol. The summed E-state index contributed by atoms with van der Waals surface area (Å²) in [5.74, 6) is 0. The number of hydrogen-bond acceptors (Lipinski definition) is 2. The first-order valence-corrected chi connectivity index (χ1v) is 8.90. The molecule has 0 saturated heterocycles. The summed E-state index contributed by atoms with van der Waals surface area (Å²) in [6.45, 7) is 3.14. The van der Waals surface area contributed by atoms with Crippen molar-refractivity contribution in [2.24, 2.45) is 0 Å². The SMILES string of the molecule is CCCNC(Cc1ccccc1Cl)c1cc(Br)c(Cl)s1. The summed E-state index contributed by atoms with van der Waals surface area (Å²) in [5, 5.41) is 4.39. The lowest BCUT2D eigenvalue weighted by Gasteiger charge is -2.18. The first-order valence-electron chi connectivity index (χ1n) is 6.53. The molecule has 1 aromatic heterocycles. The van der Waals surface area contributed by atoms with E-state index in [1.54, 1.807) is 11.3 Å². The summed E-state index contributed by atoms with van der Waals surface area (Å²) in [4.78, 5) is 1.23. The van der Waals surface area contributed by atoms with Crippen molar-refractivity contribution in [3.05, 3.63) is 54.6 Å². The van der Waals surface area contributed by atoms with Crippen molar-refractivity contribution in [2.75, 3.05) is 6.54 Å². The van der Waals surface area contributed by atoms with E-state index in [1.165, 1.54) is 4.88 Å². The number of hydrogen-bond donors (Lipinski definition) is 1. The molecule has 0 radical (unpaired) electrons. The van der Waals surface area contributed by atoms with Crippen molar-refractivity contribution in [1.29, 1.82) is 0 Å². The van der Waals surface area contributed by atoms with Crippen LogP contribution in [0.4, 0.5) is 0 Å². The Labute approximate surface area is 142 Å². The third-order valence-electron chi connectivity index (χ3n) is 3.03. The van der Waals surface area contributed by atoms with Crippen LogP contribution in [0.1, 0.15) is 29.8 Å². The molecule has 20 heavy (non-hydrogen) atoms. The topological polar surface area (TPSA) is 12.0 Å². The summed E-state index contributed by atoms with van der Waals surface area (Å²) in [6.07, 6.45) is 1.96. The van der Waals surface area contributed by atoms with Crippen molar-refractivity contribution in [3.8, 4) is 0 Å². The molecule has 5 heteroatoms. The quantitative estimate of drug-likeness (QED) is 0.625. The molecule has 1 heterocycles. The first kappa shape index (κ1) is 16.3. The molecule has 1 nitrogen and oxygen atoms in total. The third-order valence-corrected chi connectivity index (χ3v) is 5.99. The van der Waals surface area contributed by atoms with E-state index in [-0.39, 0.29) is 6.04 Å². The van der Waals surface area contributed by atoms with Crippen LogP contribution in [0.3, 0.4) is 0 Å². The van der Waals surface area contributed by atoms with Crippen LogP contribution in [0, 0.1) is 0 Å². The second-order valence-corrected chi connectivity index (χ2v) is 7.52. The average Bonchev–Trinajstić information content (AvgIpc) is 2.76. The highest BCUT2D eigenvalue weighted by Crippen LogP contribution is 2.36. The predicted octanol–water partition coefficient (Wildman–Crippen LogP) is 6.10. The molecule has 1 unspecified atom stereocenters. The molecule has 1 aromatic carbocycles. The van der Waals surface area contributed by atoms with Gasteiger partial charge in [0.1, 0.15) is 4.34 Å². The fraction of sp³-hybridized carbons (Fsp3) is 0.333. The van der Waals surface area contributed by atoms with Crippen LogP contribution >= 0.6 is 50.5 Å². The summed E-state index contributed by atoms with van der Waals surface area (Å²) in [7, 11) is 0. The van der Waals surface area contributed by atoms with E-state index < -0.39 is 0 Å². The van der Waals surface area contributed by atoms with Gasteiger partial charge in [0.05, 0.1) is 0 Å². The molecule has 108 valence electrons. The van der Waals surface area contributed by atoms with E-state index in [4.69, 9.17) is 23.2 Å². The van der Waals surface area contributed by atoms with E-state index in [0.717, 1.165) is 38.8 Å². The van der Waals surface area contributed by atoms with E-state index in [1.807, 2.05) is 18.2 Å². The van der Waals surface area contributed by atoms with Crippen LogP contribution in [-0.2, 0) is 6.42 Å². The van der Waals surface area contributed by atoms with Gasteiger partial charge in [0.25, 0.3) is 0 Å². The van der Waals surface area contributed by atoms with Gasteiger partial charge in [0.15, 0.2) is 0 Å². The smallest absolute Gasteiger partial charge is 0.107 e. The van der Waals surface area contributed by atoms with Gasteiger partial charge in [-0.1, -0.05) is 48.3 Å². The van der Waals surface area contributed by atoms with E-state index >= 15 is 0 Å². The highest BCUT2D eigenvalue weighted by atomic mass is 79.9. The highest BCUT2D eigenvalue weighted by molar-refractivity contribution is 9.10. The Balaban J connectivity index is 2.21. The van der Waals surface area contributed by atoms with Crippen molar-refractivity contribution in [2.45, 2.75) is 25.8 Å². The molecule has 0 spiro atoms. The minimum absolute atomic E-state index is 0.239. The van der Waals surface area contributed by atoms with Crippen LogP contribution in [0.5, 0.6) is 0 Å². The Kier molecular flexibility index (Phi) is 6.37. The van der Waals surface area contributed by atoms with Crippen LogP contribution < -0.4 is 5.32 Å².